The molecule has 0 atom stereocenters. The van der Waals surface area contributed by atoms with Crippen molar-refractivity contribution in [2.45, 2.75) is 25.2 Å². The van der Waals surface area contributed by atoms with E-state index in [-0.39, 0.29) is 4.90 Å². The number of nitrogens with one attached hydrogen (secondary N) is 3. The Kier molecular flexibility index (Phi) is 5.22. The molecule has 0 unspecified atom stereocenters. The van der Waals surface area contributed by atoms with Crippen molar-refractivity contribution in [1.29, 1.82) is 0 Å². The largest absolute Gasteiger partial charge is 0.370 e. The van der Waals surface area contributed by atoms with Gasteiger partial charge in [0.25, 0.3) is 10.0 Å². The van der Waals surface area contributed by atoms with E-state index >= 15 is 0 Å². The molecule has 1 aromatic carbocycles. The molecule has 0 saturated carbocycles. The summed E-state index contributed by atoms with van der Waals surface area (Å²) in [6.45, 7) is 4.07. The molecule has 2 heterocycles. The summed E-state index contributed by atoms with van der Waals surface area (Å²) >= 11 is 0. The van der Waals surface area contributed by atoms with Gasteiger partial charge in [0, 0.05) is 6.54 Å². The van der Waals surface area contributed by atoms with Crippen LogP contribution in [0.3, 0.4) is 0 Å². The first kappa shape index (κ1) is 17.9. The molecule has 136 valence electrons. The molecule has 3 aromatic rings. The van der Waals surface area contributed by atoms with Gasteiger partial charge in [0.05, 0.1) is 23.3 Å². The van der Waals surface area contributed by atoms with E-state index in [1.54, 1.807) is 26.0 Å². The molecule has 0 saturated heterocycles. The lowest BCUT2D eigenvalue weighted by Gasteiger charge is -2.09. The fraction of sp³-hybridized carbons (Fsp3) is 0.222. The van der Waals surface area contributed by atoms with Crippen LogP contribution in [0.4, 0.5) is 11.5 Å². The summed E-state index contributed by atoms with van der Waals surface area (Å²) in [5, 5.41) is 9.83. The van der Waals surface area contributed by atoms with Crippen LogP contribution in [0.15, 0.2) is 53.6 Å². The monoisotopic (exact) mass is 371 g/mol. The number of hydrogen-bond donors (Lipinski definition) is 3. The standard InChI is InChI=1S/C18H21N5O2S/c1-13-18(14(2)22-21-13)26(24,25)23-16-8-9-17(20-12-16)19-11-10-15-6-4-3-5-7-15/h3-9,12,23H,10-11H2,1-2H3,(H,19,20)(H,21,22). The lowest BCUT2D eigenvalue weighted by Crippen LogP contribution is -2.15. The maximum absolute atomic E-state index is 12.5. The van der Waals surface area contributed by atoms with Gasteiger partial charge < -0.3 is 5.32 Å². The summed E-state index contributed by atoms with van der Waals surface area (Å²) in [6, 6.07) is 13.6. The zero-order valence-corrected chi connectivity index (χ0v) is 15.5. The lowest BCUT2D eigenvalue weighted by atomic mass is 10.1. The van der Waals surface area contributed by atoms with Gasteiger partial charge in [-0.3, -0.25) is 9.82 Å². The second-order valence-electron chi connectivity index (χ2n) is 5.96. The Bertz CT molecular complexity index is 947. The first-order valence-electron chi connectivity index (χ1n) is 8.24. The smallest absolute Gasteiger partial charge is 0.265 e. The number of sulfonamides is 1. The van der Waals surface area contributed by atoms with E-state index in [1.807, 2.05) is 18.2 Å². The van der Waals surface area contributed by atoms with E-state index in [0.29, 0.717) is 22.9 Å². The molecule has 3 rings (SSSR count). The molecule has 7 nitrogen and oxygen atoms in total. The van der Waals surface area contributed by atoms with Crippen molar-refractivity contribution in [3.63, 3.8) is 0 Å². The number of pyridine rings is 1. The number of H-pyrrole nitrogens is 1. The first-order valence-corrected chi connectivity index (χ1v) is 9.72. The van der Waals surface area contributed by atoms with Gasteiger partial charge in [-0.15, -0.1) is 0 Å². The zero-order valence-electron chi connectivity index (χ0n) is 14.7. The summed E-state index contributed by atoms with van der Waals surface area (Å²) < 4.78 is 27.5. The number of rotatable bonds is 7. The van der Waals surface area contributed by atoms with Crippen molar-refractivity contribution in [3.05, 3.63) is 65.6 Å². The molecule has 0 bridgehead atoms. The number of aryl methyl sites for hydroxylation is 2. The highest BCUT2D eigenvalue weighted by atomic mass is 32.2. The topological polar surface area (TPSA) is 99.8 Å². The highest BCUT2D eigenvalue weighted by molar-refractivity contribution is 7.92. The van der Waals surface area contributed by atoms with Gasteiger partial charge in [0.1, 0.15) is 10.7 Å². The summed E-state index contributed by atoms with van der Waals surface area (Å²) in [5.74, 6) is 0.694. The van der Waals surface area contributed by atoms with Gasteiger partial charge in [-0.05, 0) is 38.0 Å². The second-order valence-corrected chi connectivity index (χ2v) is 7.58. The Morgan fingerprint density at radius 1 is 1.08 bits per heavy atom. The maximum atomic E-state index is 12.5. The molecule has 26 heavy (non-hydrogen) atoms. The molecule has 0 amide bonds. The van der Waals surface area contributed by atoms with Crippen LogP contribution < -0.4 is 10.0 Å². The Labute approximate surface area is 152 Å². The van der Waals surface area contributed by atoms with Crippen LogP contribution in [0, 0.1) is 13.8 Å². The minimum atomic E-state index is -3.70. The van der Waals surface area contributed by atoms with Crippen LogP contribution in [-0.2, 0) is 16.4 Å². The summed E-state index contributed by atoms with van der Waals surface area (Å²) in [6.07, 6.45) is 2.38. The molecule has 0 aliphatic carbocycles. The van der Waals surface area contributed by atoms with E-state index in [2.05, 4.69) is 37.4 Å². The second kappa shape index (κ2) is 7.57. The van der Waals surface area contributed by atoms with Gasteiger partial charge in [-0.25, -0.2) is 13.4 Å². The van der Waals surface area contributed by atoms with Crippen LogP contribution >= 0.6 is 0 Å². The Hall–Kier alpha value is -2.87. The van der Waals surface area contributed by atoms with E-state index < -0.39 is 10.0 Å². The summed E-state index contributed by atoms with van der Waals surface area (Å²) in [7, 11) is -3.70. The number of benzene rings is 1. The van der Waals surface area contributed by atoms with Crippen molar-refractivity contribution < 1.29 is 8.42 Å². The number of aromatic amines is 1. The van der Waals surface area contributed by atoms with E-state index in [0.717, 1.165) is 13.0 Å². The quantitative estimate of drug-likeness (QED) is 0.593. The number of hydrogen-bond acceptors (Lipinski definition) is 5. The van der Waals surface area contributed by atoms with Crippen LogP contribution in [0.5, 0.6) is 0 Å². The first-order chi connectivity index (χ1) is 12.5. The van der Waals surface area contributed by atoms with Crippen molar-refractivity contribution in [3.8, 4) is 0 Å². The zero-order chi connectivity index (χ0) is 18.6. The van der Waals surface area contributed by atoms with Crippen molar-refractivity contribution >= 4 is 21.5 Å². The van der Waals surface area contributed by atoms with Crippen molar-refractivity contribution in [2.24, 2.45) is 0 Å². The van der Waals surface area contributed by atoms with Crippen molar-refractivity contribution in [1.82, 2.24) is 15.2 Å². The molecule has 0 fully saturated rings. The van der Waals surface area contributed by atoms with Gasteiger partial charge in [-0.2, -0.15) is 5.10 Å². The minimum absolute atomic E-state index is 0.169. The fourth-order valence-electron chi connectivity index (χ4n) is 2.68. The van der Waals surface area contributed by atoms with E-state index in [4.69, 9.17) is 0 Å². The minimum Gasteiger partial charge on any atom is -0.370 e. The Morgan fingerprint density at radius 2 is 1.85 bits per heavy atom. The maximum Gasteiger partial charge on any atom is 0.265 e. The molecule has 8 heteroatoms. The number of anilines is 2. The predicted octanol–water partition coefficient (Wildman–Crippen LogP) is 2.88. The number of nitrogens with zero attached hydrogens (tertiary/aromatic N) is 2. The molecule has 3 N–H and O–H groups in total. The Balaban J connectivity index is 1.61. The van der Waals surface area contributed by atoms with Gasteiger partial charge >= 0.3 is 0 Å². The number of aromatic nitrogens is 3. The Morgan fingerprint density at radius 3 is 2.46 bits per heavy atom. The third kappa shape index (κ3) is 4.20. The normalized spacial score (nSPS) is 11.3. The van der Waals surface area contributed by atoms with E-state index in [9.17, 15) is 8.42 Å². The molecule has 0 radical (unpaired) electrons. The molecular formula is C18H21N5O2S. The third-order valence-electron chi connectivity index (χ3n) is 3.91. The highest BCUT2D eigenvalue weighted by Crippen LogP contribution is 2.21. The van der Waals surface area contributed by atoms with Crippen LogP contribution in [0.2, 0.25) is 0 Å². The average Bonchev–Trinajstić information content (AvgIpc) is 2.96. The molecule has 0 spiro atoms. The average molecular weight is 371 g/mol. The molecular weight excluding hydrogens is 350 g/mol. The predicted molar refractivity (Wildman–Crippen MR) is 102 cm³/mol. The summed E-state index contributed by atoms with van der Waals surface area (Å²) in [5.41, 5.74) is 2.58. The third-order valence-corrected chi connectivity index (χ3v) is 5.55. The molecule has 0 aliphatic rings. The molecule has 0 aliphatic heterocycles. The van der Waals surface area contributed by atoms with Crippen LogP contribution in [0.1, 0.15) is 17.0 Å². The van der Waals surface area contributed by atoms with E-state index in [1.165, 1.54) is 11.8 Å². The fourth-order valence-corrected chi connectivity index (χ4v) is 4.10. The highest BCUT2D eigenvalue weighted by Gasteiger charge is 2.22. The van der Waals surface area contributed by atoms with Gasteiger partial charge in [0.2, 0.25) is 0 Å². The van der Waals surface area contributed by atoms with Crippen molar-refractivity contribution in [2.75, 3.05) is 16.6 Å². The summed E-state index contributed by atoms with van der Waals surface area (Å²) in [4.78, 5) is 4.43. The lowest BCUT2D eigenvalue weighted by molar-refractivity contribution is 0.600. The van der Waals surface area contributed by atoms with Gasteiger partial charge in [-0.1, -0.05) is 30.3 Å². The van der Waals surface area contributed by atoms with Crippen LogP contribution in [0.25, 0.3) is 0 Å². The SMILES string of the molecule is Cc1n[nH]c(C)c1S(=O)(=O)Nc1ccc(NCCc2ccccc2)nc1. The van der Waals surface area contributed by atoms with Gasteiger partial charge in [0.15, 0.2) is 0 Å². The van der Waals surface area contributed by atoms with Crippen LogP contribution in [-0.4, -0.2) is 30.1 Å². The molecule has 2 aromatic heterocycles.